The van der Waals surface area contributed by atoms with E-state index in [2.05, 4.69) is 4.99 Å². The quantitative estimate of drug-likeness (QED) is 0.599. The first kappa shape index (κ1) is 7.97. The average molecular weight is 188 g/mol. The van der Waals surface area contributed by atoms with Gasteiger partial charge in [-0.1, -0.05) is 6.07 Å². The van der Waals surface area contributed by atoms with Crippen LogP contribution in [-0.2, 0) is 6.54 Å². The summed E-state index contributed by atoms with van der Waals surface area (Å²) in [5.41, 5.74) is 1.27. The Morgan fingerprint density at radius 3 is 3.29 bits per heavy atom. The molecule has 0 fully saturated rings. The van der Waals surface area contributed by atoms with E-state index < -0.39 is 0 Å². The maximum atomic E-state index is 11.6. The van der Waals surface area contributed by atoms with Crippen LogP contribution in [0.5, 0.6) is 0 Å². The third-order valence-electron chi connectivity index (χ3n) is 3.14. The van der Waals surface area contributed by atoms with Crippen LogP contribution in [0.15, 0.2) is 28.0 Å². The predicted octanol–water partition coefficient (Wildman–Crippen LogP) is 1.04. The molecule has 2 bridgehead atoms. The second kappa shape index (κ2) is 2.80. The van der Waals surface area contributed by atoms with E-state index in [1.165, 1.54) is 0 Å². The van der Waals surface area contributed by atoms with Crippen molar-refractivity contribution >= 4 is 6.21 Å². The third-order valence-corrected chi connectivity index (χ3v) is 3.14. The number of pyridine rings is 1. The monoisotopic (exact) mass is 188 g/mol. The molecule has 3 heterocycles. The summed E-state index contributed by atoms with van der Waals surface area (Å²) in [7, 11) is 0. The van der Waals surface area contributed by atoms with Crippen LogP contribution < -0.4 is 5.56 Å². The van der Waals surface area contributed by atoms with Crippen molar-refractivity contribution in [2.45, 2.75) is 18.9 Å². The van der Waals surface area contributed by atoms with Gasteiger partial charge in [0.05, 0.1) is 0 Å². The van der Waals surface area contributed by atoms with Crippen molar-refractivity contribution in [3.8, 4) is 0 Å². The van der Waals surface area contributed by atoms with Crippen LogP contribution in [0.1, 0.15) is 18.0 Å². The van der Waals surface area contributed by atoms with E-state index in [0.29, 0.717) is 11.8 Å². The van der Waals surface area contributed by atoms with Crippen LogP contribution in [0.4, 0.5) is 0 Å². The lowest BCUT2D eigenvalue weighted by atomic mass is 9.86. The fourth-order valence-electron chi connectivity index (χ4n) is 2.47. The summed E-state index contributed by atoms with van der Waals surface area (Å²) in [6.07, 6.45) is 3.16. The van der Waals surface area contributed by atoms with Gasteiger partial charge >= 0.3 is 0 Å². The molecule has 0 aromatic carbocycles. The standard InChI is InChI=1S/C11H12N2O/c14-11-3-1-2-10-9-4-8(5-12-6-9)7-13(10)11/h1-3,6,8-9H,4-5,7H2. The maximum Gasteiger partial charge on any atom is 0.250 e. The van der Waals surface area contributed by atoms with Gasteiger partial charge < -0.3 is 4.57 Å². The summed E-state index contributed by atoms with van der Waals surface area (Å²) in [5, 5.41) is 0. The van der Waals surface area contributed by atoms with Crippen molar-refractivity contribution in [3.63, 3.8) is 0 Å². The highest BCUT2D eigenvalue weighted by molar-refractivity contribution is 5.68. The lowest BCUT2D eigenvalue weighted by molar-refractivity contribution is 0.346. The SMILES string of the molecule is O=c1cccc2n1CC1CN=CC2C1. The Morgan fingerprint density at radius 2 is 2.36 bits per heavy atom. The van der Waals surface area contributed by atoms with E-state index in [1.54, 1.807) is 6.07 Å². The Hall–Kier alpha value is -1.38. The number of aliphatic imine (C=N–C) groups is 1. The molecule has 3 nitrogen and oxygen atoms in total. The van der Waals surface area contributed by atoms with Crippen molar-refractivity contribution in [3.05, 3.63) is 34.2 Å². The van der Waals surface area contributed by atoms with E-state index in [-0.39, 0.29) is 5.56 Å². The second-order valence-corrected chi connectivity index (χ2v) is 4.12. The molecule has 0 spiro atoms. The zero-order valence-electron chi connectivity index (χ0n) is 7.89. The van der Waals surface area contributed by atoms with Gasteiger partial charge in [-0.2, -0.15) is 0 Å². The van der Waals surface area contributed by atoms with Crippen molar-refractivity contribution in [1.82, 2.24) is 4.57 Å². The smallest absolute Gasteiger partial charge is 0.250 e. The lowest BCUT2D eigenvalue weighted by Crippen LogP contribution is -2.36. The Morgan fingerprint density at radius 1 is 1.43 bits per heavy atom. The minimum atomic E-state index is 0.132. The number of rotatable bonds is 0. The molecule has 2 aliphatic heterocycles. The first-order valence-electron chi connectivity index (χ1n) is 5.04. The van der Waals surface area contributed by atoms with Crippen LogP contribution in [0.2, 0.25) is 0 Å². The second-order valence-electron chi connectivity index (χ2n) is 4.12. The number of fused-ring (bicyclic) bond motifs is 4. The molecule has 72 valence electrons. The average Bonchev–Trinajstić information content (AvgIpc) is 2.20. The van der Waals surface area contributed by atoms with E-state index >= 15 is 0 Å². The van der Waals surface area contributed by atoms with Gasteiger partial charge in [0.2, 0.25) is 0 Å². The van der Waals surface area contributed by atoms with Gasteiger partial charge in [0, 0.05) is 37.0 Å². The minimum absolute atomic E-state index is 0.132. The molecule has 2 aliphatic rings. The van der Waals surface area contributed by atoms with Crippen LogP contribution in [0.25, 0.3) is 0 Å². The zero-order chi connectivity index (χ0) is 9.54. The number of nitrogens with zero attached hydrogens (tertiary/aromatic N) is 2. The summed E-state index contributed by atoms with van der Waals surface area (Å²) in [6, 6.07) is 5.53. The van der Waals surface area contributed by atoms with Crippen LogP contribution >= 0.6 is 0 Å². The summed E-state index contributed by atoms with van der Waals surface area (Å²) in [6.45, 7) is 1.74. The van der Waals surface area contributed by atoms with Crippen LogP contribution in [-0.4, -0.2) is 17.3 Å². The molecular formula is C11H12N2O. The molecule has 1 aromatic heterocycles. The summed E-state index contributed by atoms with van der Waals surface area (Å²) < 4.78 is 1.91. The van der Waals surface area contributed by atoms with Crippen molar-refractivity contribution in [2.75, 3.05) is 6.54 Å². The molecule has 0 aliphatic carbocycles. The van der Waals surface area contributed by atoms with Gasteiger partial charge in [0.25, 0.3) is 5.56 Å². The molecular weight excluding hydrogens is 176 g/mol. The maximum absolute atomic E-state index is 11.6. The van der Waals surface area contributed by atoms with E-state index in [9.17, 15) is 4.79 Å². The van der Waals surface area contributed by atoms with Crippen molar-refractivity contribution in [2.24, 2.45) is 10.9 Å². The molecule has 0 saturated carbocycles. The normalized spacial score (nSPS) is 28.6. The topological polar surface area (TPSA) is 34.4 Å². The highest BCUT2D eigenvalue weighted by Gasteiger charge is 2.28. The summed E-state index contributed by atoms with van der Waals surface area (Å²) in [4.78, 5) is 16.0. The first-order valence-corrected chi connectivity index (χ1v) is 5.04. The summed E-state index contributed by atoms with van der Waals surface area (Å²) >= 11 is 0. The van der Waals surface area contributed by atoms with E-state index in [4.69, 9.17) is 0 Å². The lowest BCUT2D eigenvalue weighted by Gasteiger charge is -2.32. The van der Waals surface area contributed by atoms with E-state index in [1.807, 2.05) is 22.9 Å². The molecule has 0 saturated heterocycles. The first-order chi connectivity index (χ1) is 6.84. The molecule has 0 N–H and O–H groups in total. The van der Waals surface area contributed by atoms with Crippen LogP contribution in [0.3, 0.4) is 0 Å². The minimum Gasteiger partial charge on any atom is -0.312 e. The largest absolute Gasteiger partial charge is 0.312 e. The summed E-state index contributed by atoms with van der Waals surface area (Å²) in [5.74, 6) is 0.939. The fourth-order valence-corrected chi connectivity index (χ4v) is 2.47. The molecule has 3 heteroatoms. The third kappa shape index (κ3) is 1.05. The molecule has 0 amide bonds. The fraction of sp³-hybridized carbons (Fsp3) is 0.455. The Balaban J connectivity index is 2.21. The highest BCUT2D eigenvalue weighted by atomic mass is 16.1. The van der Waals surface area contributed by atoms with Crippen molar-refractivity contribution in [1.29, 1.82) is 0 Å². The van der Waals surface area contributed by atoms with Gasteiger partial charge in [0.15, 0.2) is 0 Å². The van der Waals surface area contributed by atoms with Gasteiger partial charge in [-0.15, -0.1) is 0 Å². The Kier molecular flexibility index (Phi) is 1.60. The molecule has 2 unspecified atom stereocenters. The highest BCUT2D eigenvalue weighted by Crippen LogP contribution is 2.30. The number of aromatic nitrogens is 1. The van der Waals surface area contributed by atoms with E-state index in [0.717, 1.165) is 25.2 Å². The molecule has 2 atom stereocenters. The van der Waals surface area contributed by atoms with Crippen LogP contribution in [0, 0.1) is 5.92 Å². The number of hydrogen-bond donors (Lipinski definition) is 0. The Bertz CT molecular complexity index is 447. The molecule has 3 rings (SSSR count). The molecule has 14 heavy (non-hydrogen) atoms. The van der Waals surface area contributed by atoms with Gasteiger partial charge in [-0.05, 0) is 18.4 Å². The van der Waals surface area contributed by atoms with Gasteiger partial charge in [0.1, 0.15) is 0 Å². The zero-order valence-corrected chi connectivity index (χ0v) is 7.89. The number of hydrogen-bond acceptors (Lipinski definition) is 2. The molecule has 0 radical (unpaired) electrons. The van der Waals surface area contributed by atoms with Crippen molar-refractivity contribution < 1.29 is 0 Å². The predicted molar refractivity (Wildman–Crippen MR) is 54.9 cm³/mol. The van der Waals surface area contributed by atoms with Gasteiger partial charge in [-0.3, -0.25) is 9.79 Å². The molecule has 1 aromatic rings. The Labute approximate surface area is 82.1 Å². The van der Waals surface area contributed by atoms with Gasteiger partial charge in [-0.25, -0.2) is 0 Å².